The molecule has 0 spiro atoms. The monoisotopic (exact) mass is 335 g/mol. The summed E-state index contributed by atoms with van der Waals surface area (Å²) in [4.78, 5) is 23.5. The highest BCUT2D eigenvalue weighted by atomic mass is 16.5. The predicted molar refractivity (Wildman–Crippen MR) is 89.6 cm³/mol. The van der Waals surface area contributed by atoms with Crippen LogP contribution in [0.1, 0.15) is 49.9 Å². The zero-order valence-electron chi connectivity index (χ0n) is 14.4. The Morgan fingerprint density at radius 3 is 2.42 bits per heavy atom. The van der Waals surface area contributed by atoms with E-state index in [0.29, 0.717) is 17.1 Å². The normalized spacial score (nSPS) is 16.0. The van der Waals surface area contributed by atoms with E-state index in [-0.39, 0.29) is 12.0 Å². The van der Waals surface area contributed by atoms with Crippen molar-refractivity contribution in [3.8, 4) is 11.5 Å². The summed E-state index contributed by atoms with van der Waals surface area (Å²) in [7, 11) is 1.52. The van der Waals surface area contributed by atoms with Gasteiger partial charge in [0.05, 0.1) is 13.2 Å². The van der Waals surface area contributed by atoms with E-state index in [0.717, 1.165) is 12.8 Å². The van der Waals surface area contributed by atoms with Gasteiger partial charge in [0.1, 0.15) is 6.04 Å². The quantitative estimate of drug-likeness (QED) is 0.800. The fourth-order valence-corrected chi connectivity index (χ4v) is 2.83. The average Bonchev–Trinajstić information content (AvgIpc) is 3.05. The summed E-state index contributed by atoms with van der Waals surface area (Å²) in [5.74, 6) is -0.614. The standard InChI is InChI=1S/C18H25NO5/c1-11(2)16(18(21)22)19-17(20)12-8-9-14(15(10-12)23-3)24-13-6-4-5-7-13/h8-11,13,16H,4-7H2,1-3H3,(H,19,20)(H,21,22)/t16-/m1/s1. The number of carbonyl (C=O) groups excluding carboxylic acids is 1. The molecule has 0 radical (unpaired) electrons. The molecule has 0 saturated heterocycles. The molecular weight excluding hydrogens is 310 g/mol. The van der Waals surface area contributed by atoms with Gasteiger partial charge in [-0.25, -0.2) is 4.79 Å². The van der Waals surface area contributed by atoms with Crippen molar-refractivity contribution >= 4 is 11.9 Å². The second kappa shape index (κ2) is 8.04. The topological polar surface area (TPSA) is 84.9 Å². The summed E-state index contributed by atoms with van der Waals surface area (Å²) in [6.07, 6.45) is 4.58. The van der Waals surface area contributed by atoms with E-state index in [4.69, 9.17) is 9.47 Å². The highest BCUT2D eigenvalue weighted by Gasteiger charge is 2.25. The van der Waals surface area contributed by atoms with Crippen LogP contribution in [0.25, 0.3) is 0 Å². The molecule has 1 amide bonds. The second-order valence-electron chi connectivity index (χ2n) is 6.42. The molecule has 2 N–H and O–H groups in total. The molecular formula is C18H25NO5. The van der Waals surface area contributed by atoms with Crippen LogP contribution in [0, 0.1) is 5.92 Å². The van der Waals surface area contributed by atoms with Gasteiger partial charge in [-0.2, -0.15) is 0 Å². The first-order chi connectivity index (χ1) is 11.4. The van der Waals surface area contributed by atoms with E-state index < -0.39 is 17.9 Å². The molecule has 24 heavy (non-hydrogen) atoms. The third-order valence-corrected chi connectivity index (χ3v) is 4.24. The van der Waals surface area contributed by atoms with Gasteiger partial charge in [0.2, 0.25) is 0 Å². The number of rotatable bonds is 7. The summed E-state index contributed by atoms with van der Waals surface area (Å²) in [6.45, 7) is 3.50. The van der Waals surface area contributed by atoms with Crippen molar-refractivity contribution in [3.63, 3.8) is 0 Å². The smallest absolute Gasteiger partial charge is 0.326 e. The predicted octanol–water partition coefficient (Wildman–Crippen LogP) is 2.86. The van der Waals surface area contributed by atoms with Crippen LogP contribution in [0.3, 0.4) is 0 Å². The molecule has 1 aromatic carbocycles. The van der Waals surface area contributed by atoms with E-state index in [1.807, 2.05) is 0 Å². The molecule has 1 saturated carbocycles. The van der Waals surface area contributed by atoms with Gasteiger partial charge >= 0.3 is 5.97 Å². The maximum atomic E-state index is 12.3. The number of amides is 1. The first-order valence-corrected chi connectivity index (χ1v) is 8.30. The van der Waals surface area contributed by atoms with Crippen molar-refractivity contribution in [1.82, 2.24) is 5.32 Å². The van der Waals surface area contributed by atoms with Crippen LogP contribution >= 0.6 is 0 Å². The van der Waals surface area contributed by atoms with Crippen molar-refractivity contribution in [2.45, 2.75) is 51.7 Å². The van der Waals surface area contributed by atoms with E-state index in [9.17, 15) is 14.7 Å². The first kappa shape index (κ1) is 18.1. The number of carboxylic acid groups (broad SMARTS) is 1. The maximum absolute atomic E-state index is 12.3. The number of ether oxygens (including phenoxy) is 2. The third kappa shape index (κ3) is 4.40. The Bertz CT molecular complexity index is 593. The number of carboxylic acids is 1. The van der Waals surface area contributed by atoms with Crippen LogP contribution < -0.4 is 14.8 Å². The lowest BCUT2D eigenvalue weighted by molar-refractivity contribution is -0.140. The van der Waals surface area contributed by atoms with Gasteiger partial charge in [-0.3, -0.25) is 4.79 Å². The molecule has 1 fully saturated rings. The van der Waals surface area contributed by atoms with E-state index in [1.54, 1.807) is 32.0 Å². The van der Waals surface area contributed by atoms with Crippen LogP contribution in [0.2, 0.25) is 0 Å². The molecule has 1 atom stereocenters. The van der Waals surface area contributed by atoms with Gasteiger partial charge < -0.3 is 19.9 Å². The van der Waals surface area contributed by atoms with Crippen LogP contribution in [0.4, 0.5) is 0 Å². The molecule has 0 bridgehead atoms. The van der Waals surface area contributed by atoms with Gasteiger partial charge in [0.15, 0.2) is 11.5 Å². The summed E-state index contributed by atoms with van der Waals surface area (Å²) in [5.41, 5.74) is 0.345. The number of nitrogens with one attached hydrogen (secondary N) is 1. The largest absolute Gasteiger partial charge is 0.493 e. The Balaban J connectivity index is 2.12. The van der Waals surface area contributed by atoms with Crippen LogP contribution in [-0.4, -0.2) is 36.2 Å². The van der Waals surface area contributed by atoms with Crippen molar-refractivity contribution in [2.75, 3.05) is 7.11 Å². The molecule has 0 unspecified atom stereocenters. The molecule has 0 aromatic heterocycles. The highest BCUT2D eigenvalue weighted by molar-refractivity contribution is 5.97. The fraction of sp³-hybridized carbons (Fsp3) is 0.556. The number of hydrogen-bond donors (Lipinski definition) is 2. The molecule has 132 valence electrons. The summed E-state index contributed by atoms with van der Waals surface area (Å²) in [6, 6.07) is 3.98. The summed E-state index contributed by atoms with van der Waals surface area (Å²) >= 11 is 0. The molecule has 1 aliphatic rings. The molecule has 1 aliphatic carbocycles. The second-order valence-corrected chi connectivity index (χ2v) is 6.42. The van der Waals surface area contributed by atoms with Crippen molar-refractivity contribution in [2.24, 2.45) is 5.92 Å². The van der Waals surface area contributed by atoms with Gasteiger partial charge in [-0.05, 0) is 49.8 Å². The number of carbonyl (C=O) groups is 2. The molecule has 0 heterocycles. The lowest BCUT2D eigenvalue weighted by Crippen LogP contribution is -2.44. The SMILES string of the molecule is COc1cc(C(=O)N[C@@H](C(=O)O)C(C)C)ccc1OC1CCCC1. The summed E-state index contributed by atoms with van der Waals surface area (Å²) in [5, 5.41) is 11.7. The minimum absolute atomic E-state index is 0.191. The number of aliphatic carboxylic acids is 1. The third-order valence-electron chi connectivity index (χ3n) is 4.24. The minimum Gasteiger partial charge on any atom is -0.493 e. The van der Waals surface area contributed by atoms with E-state index in [2.05, 4.69) is 5.32 Å². The number of benzene rings is 1. The Hall–Kier alpha value is -2.24. The van der Waals surface area contributed by atoms with Crippen molar-refractivity contribution < 1.29 is 24.2 Å². The minimum atomic E-state index is -1.05. The summed E-state index contributed by atoms with van der Waals surface area (Å²) < 4.78 is 11.3. The Labute approximate surface area is 142 Å². The molecule has 2 rings (SSSR count). The zero-order chi connectivity index (χ0) is 17.7. The van der Waals surface area contributed by atoms with Crippen molar-refractivity contribution in [3.05, 3.63) is 23.8 Å². The van der Waals surface area contributed by atoms with Gasteiger partial charge in [0.25, 0.3) is 5.91 Å². The van der Waals surface area contributed by atoms with Crippen LogP contribution in [0.5, 0.6) is 11.5 Å². The van der Waals surface area contributed by atoms with Gasteiger partial charge in [-0.1, -0.05) is 13.8 Å². The van der Waals surface area contributed by atoms with Crippen LogP contribution in [-0.2, 0) is 4.79 Å². The lowest BCUT2D eigenvalue weighted by Gasteiger charge is -2.19. The molecule has 6 heteroatoms. The van der Waals surface area contributed by atoms with Gasteiger partial charge in [0, 0.05) is 5.56 Å². The zero-order valence-corrected chi connectivity index (χ0v) is 14.4. The molecule has 1 aromatic rings. The fourth-order valence-electron chi connectivity index (χ4n) is 2.83. The van der Waals surface area contributed by atoms with E-state index in [1.165, 1.54) is 20.0 Å². The average molecular weight is 335 g/mol. The molecule has 6 nitrogen and oxygen atoms in total. The highest BCUT2D eigenvalue weighted by Crippen LogP contribution is 2.32. The van der Waals surface area contributed by atoms with Crippen molar-refractivity contribution in [1.29, 1.82) is 0 Å². The maximum Gasteiger partial charge on any atom is 0.326 e. The van der Waals surface area contributed by atoms with Gasteiger partial charge in [-0.15, -0.1) is 0 Å². The number of methoxy groups -OCH3 is 1. The Morgan fingerprint density at radius 1 is 1.21 bits per heavy atom. The lowest BCUT2D eigenvalue weighted by atomic mass is 10.0. The number of hydrogen-bond acceptors (Lipinski definition) is 4. The first-order valence-electron chi connectivity index (χ1n) is 8.30. The Morgan fingerprint density at radius 2 is 1.88 bits per heavy atom. The Kier molecular flexibility index (Phi) is 6.06. The van der Waals surface area contributed by atoms with E-state index >= 15 is 0 Å². The van der Waals surface area contributed by atoms with Crippen LogP contribution in [0.15, 0.2) is 18.2 Å². The molecule has 0 aliphatic heterocycles.